The predicted octanol–water partition coefficient (Wildman–Crippen LogP) is 4.32. The van der Waals surface area contributed by atoms with Gasteiger partial charge in [-0.05, 0) is 36.8 Å². The lowest BCUT2D eigenvalue weighted by Crippen LogP contribution is -2.35. The highest BCUT2D eigenvalue weighted by atomic mass is 32.1. The van der Waals surface area contributed by atoms with Crippen LogP contribution in [-0.2, 0) is 13.0 Å². The molecule has 2 heterocycles. The molecule has 1 aliphatic rings. The second-order valence-electron chi connectivity index (χ2n) is 7.06. The maximum absolute atomic E-state index is 12.9. The maximum atomic E-state index is 12.9. The highest BCUT2D eigenvalue weighted by Gasteiger charge is 2.23. The SMILES string of the molecule is COc1cc2ccccc2cc1C(=O)Nc1nc2c(s1)CN(C(C)C)CC2. The molecule has 6 heteroatoms. The van der Waals surface area contributed by atoms with Crippen LogP contribution in [0.1, 0.15) is 34.8 Å². The lowest BCUT2D eigenvalue weighted by Gasteiger charge is -2.29. The zero-order chi connectivity index (χ0) is 19.0. The van der Waals surface area contributed by atoms with E-state index in [1.165, 1.54) is 4.88 Å². The molecule has 0 radical (unpaired) electrons. The Morgan fingerprint density at radius 2 is 2.00 bits per heavy atom. The van der Waals surface area contributed by atoms with Gasteiger partial charge in [0.1, 0.15) is 5.75 Å². The van der Waals surface area contributed by atoms with E-state index in [4.69, 9.17) is 4.74 Å². The fraction of sp³-hybridized carbons (Fsp3) is 0.333. The summed E-state index contributed by atoms with van der Waals surface area (Å²) in [4.78, 5) is 21.2. The third-order valence-corrected chi connectivity index (χ3v) is 6.02. The summed E-state index contributed by atoms with van der Waals surface area (Å²) in [6.07, 6.45) is 0.930. The largest absolute Gasteiger partial charge is 0.496 e. The molecule has 5 nitrogen and oxygen atoms in total. The van der Waals surface area contributed by atoms with E-state index in [-0.39, 0.29) is 5.91 Å². The topological polar surface area (TPSA) is 54.5 Å². The molecule has 0 bridgehead atoms. The lowest BCUT2D eigenvalue weighted by atomic mass is 10.1. The summed E-state index contributed by atoms with van der Waals surface area (Å²) in [6, 6.07) is 12.2. The fourth-order valence-corrected chi connectivity index (χ4v) is 4.47. The first-order chi connectivity index (χ1) is 13.0. The van der Waals surface area contributed by atoms with Crippen molar-refractivity contribution in [3.05, 3.63) is 52.5 Å². The van der Waals surface area contributed by atoms with Crippen molar-refractivity contribution in [1.29, 1.82) is 0 Å². The molecule has 0 saturated carbocycles. The van der Waals surface area contributed by atoms with Crippen molar-refractivity contribution >= 4 is 33.1 Å². The van der Waals surface area contributed by atoms with Crippen LogP contribution in [0, 0.1) is 0 Å². The number of anilines is 1. The van der Waals surface area contributed by atoms with Crippen molar-refractivity contribution in [2.45, 2.75) is 32.9 Å². The molecule has 0 atom stereocenters. The van der Waals surface area contributed by atoms with E-state index >= 15 is 0 Å². The zero-order valence-electron chi connectivity index (χ0n) is 15.8. The van der Waals surface area contributed by atoms with Gasteiger partial charge >= 0.3 is 0 Å². The summed E-state index contributed by atoms with van der Waals surface area (Å²) in [5, 5.41) is 5.68. The first-order valence-corrected chi connectivity index (χ1v) is 9.97. The Kier molecular flexibility index (Phi) is 4.85. The number of nitrogens with zero attached hydrogens (tertiary/aromatic N) is 2. The van der Waals surface area contributed by atoms with Gasteiger partial charge in [0.2, 0.25) is 0 Å². The number of methoxy groups -OCH3 is 1. The van der Waals surface area contributed by atoms with Gasteiger partial charge in [-0.3, -0.25) is 15.0 Å². The fourth-order valence-electron chi connectivity index (χ4n) is 3.44. The normalized spacial score (nSPS) is 14.4. The predicted molar refractivity (Wildman–Crippen MR) is 110 cm³/mol. The number of rotatable bonds is 4. The van der Waals surface area contributed by atoms with Gasteiger partial charge in [0.15, 0.2) is 5.13 Å². The highest BCUT2D eigenvalue weighted by molar-refractivity contribution is 7.15. The summed E-state index contributed by atoms with van der Waals surface area (Å²) in [7, 11) is 1.59. The van der Waals surface area contributed by atoms with Crippen molar-refractivity contribution in [1.82, 2.24) is 9.88 Å². The molecule has 0 saturated heterocycles. The molecular formula is C21H23N3O2S. The van der Waals surface area contributed by atoms with Crippen molar-refractivity contribution in [3.63, 3.8) is 0 Å². The van der Waals surface area contributed by atoms with E-state index in [0.29, 0.717) is 22.5 Å². The number of hydrogen-bond acceptors (Lipinski definition) is 5. The van der Waals surface area contributed by atoms with Gasteiger partial charge in [-0.25, -0.2) is 4.98 Å². The summed E-state index contributed by atoms with van der Waals surface area (Å²) in [6.45, 7) is 6.33. The molecule has 27 heavy (non-hydrogen) atoms. The Labute approximate surface area is 163 Å². The number of amides is 1. The first kappa shape index (κ1) is 17.9. The van der Waals surface area contributed by atoms with Crippen molar-refractivity contribution in [2.24, 2.45) is 0 Å². The van der Waals surface area contributed by atoms with Crippen LogP contribution >= 0.6 is 11.3 Å². The molecule has 0 unspecified atom stereocenters. The van der Waals surface area contributed by atoms with Crippen LogP contribution in [0.2, 0.25) is 0 Å². The molecule has 0 fully saturated rings. The molecule has 2 aromatic carbocycles. The van der Waals surface area contributed by atoms with E-state index < -0.39 is 0 Å². The van der Waals surface area contributed by atoms with Gasteiger partial charge in [0.05, 0.1) is 18.4 Å². The van der Waals surface area contributed by atoms with E-state index in [1.54, 1.807) is 18.4 Å². The number of fused-ring (bicyclic) bond motifs is 2. The van der Waals surface area contributed by atoms with Crippen LogP contribution in [-0.4, -0.2) is 35.5 Å². The summed E-state index contributed by atoms with van der Waals surface area (Å²) in [5.41, 5.74) is 1.63. The number of benzene rings is 2. The molecule has 1 N–H and O–H groups in total. The number of thiazole rings is 1. The van der Waals surface area contributed by atoms with Gasteiger partial charge in [0.25, 0.3) is 5.91 Å². The average molecular weight is 382 g/mol. The van der Waals surface area contributed by atoms with Crippen LogP contribution in [0.3, 0.4) is 0 Å². The maximum Gasteiger partial charge on any atom is 0.261 e. The van der Waals surface area contributed by atoms with Crippen LogP contribution in [0.5, 0.6) is 5.75 Å². The number of aromatic nitrogens is 1. The quantitative estimate of drug-likeness (QED) is 0.731. The zero-order valence-corrected chi connectivity index (χ0v) is 16.6. The Morgan fingerprint density at radius 1 is 1.26 bits per heavy atom. The van der Waals surface area contributed by atoms with Crippen molar-refractivity contribution in [3.8, 4) is 5.75 Å². The third-order valence-electron chi connectivity index (χ3n) is 5.02. The average Bonchev–Trinajstić information content (AvgIpc) is 3.08. The molecule has 0 aliphatic carbocycles. The van der Waals surface area contributed by atoms with Gasteiger partial charge in [-0.1, -0.05) is 24.3 Å². The van der Waals surface area contributed by atoms with Gasteiger partial charge < -0.3 is 4.74 Å². The minimum absolute atomic E-state index is 0.190. The standard InChI is InChI=1S/C21H23N3O2S/c1-13(2)24-9-8-17-19(12-24)27-21(22-17)23-20(25)16-10-14-6-4-5-7-15(14)11-18(16)26-3/h4-7,10-11,13H,8-9,12H2,1-3H3,(H,22,23,25). The first-order valence-electron chi connectivity index (χ1n) is 9.16. The Bertz CT molecular complexity index is 996. The van der Waals surface area contributed by atoms with E-state index in [9.17, 15) is 4.79 Å². The monoisotopic (exact) mass is 381 g/mol. The molecule has 1 amide bonds. The molecule has 4 rings (SSSR count). The van der Waals surface area contributed by atoms with Crippen molar-refractivity contribution in [2.75, 3.05) is 19.0 Å². The smallest absolute Gasteiger partial charge is 0.261 e. The van der Waals surface area contributed by atoms with Gasteiger partial charge in [0, 0.05) is 30.4 Å². The molecular weight excluding hydrogens is 358 g/mol. The van der Waals surface area contributed by atoms with Gasteiger partial charge in [-0.15, -0.1) is 11.3 Å². The second kappa shape index (κ2) is 7.29. The highest BCUT2D eigenvalue weighted by Crippen LogP contribution is 2.31. The minimum atomic E-state index is -0.190. The van der Waals surface area contributed by atoms with Crippen molar-refractivity contribution < 1.29 is 9.53 Å². The molecule has 0 spiro atoms. The molecule has 1 aromatic heterocycles. The Morgan fingerprint density at radius 3 is 2.70 bits per heavy atom. The minimum Gasteiger partial charge on any atom is -0.496 e. The second-order valence-corrected chi connectivity index (χ2v) is 8.14. The molecule has 3 aromatic rings. The van der Waals surface area contributed by atoms with E-state index in [0.717, 1.165) is 36.0 Å². The number of carbonyl (C=O) groups is 1. The van der Waals surface area contributed by atoms with Crippen LogP contribution in [0.4, 0.5) is 5.13 Å². The Balaban J connectivity index is 1.59. The number of nitrogens with one attached hydrogen (secondary N) is 1. The van der Waals surface area contributed by atoms with E-state index in [1.807, 2.05) is 36.4 Å². The Hall–Kier alpha value is -2.44. The molecule has 140 valence electrons. The lowest BCUT2D eigenvalue weighted by molar-refractivity contribution is 0.102. The van der Waals surface area contributed by atoms with Crippen LogP contribution in [0.15, 0.2) is 36.4 Å². The summed E-state index contributed by atoms with van der Waals surface area (Å²) in [5.74, 6) is 0.378. The number of carbonyl (C=O) groups excluding carboxylic acids is 1. The summed E-state index contributed by atoms with van der Waals surface area (Å²) >= 11 is 1.57. The third kappa shape index (κ3) is 3.55. The van der Waals surface area contributed by atoms with Gasteiger partial charge in [-0.2, -0.15) is 0 Å². The van der Waals surface area contributed by atoms with E-state index in [2.05, 4.69) is 29.0 Å². The number of hydrogen-bond donors (Lipinski definition) is 1. The van der Waals surface area contributed by atoms with Crippen LogP contribution in [0.25, 0.3) is 10.8 Å². The van der Waals surface area contributed by atoms with Crippen LogP contribution < -0.4 is 10.1 Å². The summed E-state index contributed by atoms with van der Waals surface area (Å²) < 4.78 is 5.45. The number of ether oxygens (including phenoxy) is 1. The molecule has 1 aliphatic heterocycles.